The van der Waals surface area contributed by atoms with Crippen LogP contribution in [0.2, 0.25) is 0 Å². The first kappa shape index (κ1) is 29.6. The molecule has 3 aromatic carbocycles. The molecule has 0 saturated heterocycles. The number of ether oxygens (including phenoxy) is 1. The minimum absolute atomic E-state index is 0.308. The van der Waals surface area contributed by atoms with Gasteiger partial charge in [0.05, 0.1) is 18.6 Å². The van der Waals surface area contributed by atoms with Crippen molar-refractivity contribution >= 4 is 27.8 Å². The van der Waals surface area contributed by atoms with Crippen molar-refractivity contribution in [2.24, 2.45) is 5.92 Å². The molecule has 2 aliphatic rings. The molecule has 1 aliphatic heterocycles. The summed E-state index contributed by atoms with van der Waals surface area (Å²) in [5.41, 5.74) is 4.03. The van der Waals surface area contributed by atoms with Crippen LogP contribution >= 0.6 is 0 Å². The fourth-order valence-corrected chi connectivity index (χ4v) is 6.66. The number of carbonyl (C=O) groups excluding carboxylic acids is 1. The van der Waals surface area contributed by atoms with Crippen molar-refractivity contribution < 1.29 is 9.53 Å². The van der Waals surface area contributed by atoms with E-state index in [9.17, 15) is 4.79 Å². The lowest BCUT2D eigenvalue weighted by atomic mass is 9.89. The number of aryl methyl sites for hydroxylation is 1. The molecule has 7 rings (SSSR count). The molecule has 46 heavy (non-hydrogen) atoms. The second kappa shape index (κ2) is 12.4. The van der Waals surface area contributed by atoms with E-state index in [0.717, 1.165) is 35.1 Å². The van der Waals surface area contributed by atoms with Gasteiger partial charge in [0.2, 0.25) is 0 Å². The fraction of sp³-hybridized carbons (Fsp3) is 0.289. The van der Waals surface area contributed by atoms with Crippen molar-refractivity contribution in [2.45, 2.75) is 64.3 Å². The van der Waals surface area contributed by atoms with E-state index < -0.39 is 17.7 Å². The molecule has 2 unspecified atom stereocenters. The van der Waals surface area contributed by atoms with Crippen molar-refractivity contribution in [3.63, 3.8) is 0 Å². The number of para-hydroxylation sites is 1. The van der Waals surface area contributed by atoms with Gasteiger partial charge in [0.25, 0.3) is 0 Å². The topological polar surface area (TPSA) is 96.9 Å². The number of rotatable bonds is 9. The Morgan fingerprint density at radius 1 is 0.935 bits per heavy atom. The predicted molar refractivity (Wildman–Crippen MR) is 182 cm³/mol. The molecule has 5 aromatic rings. The number of carbonyl (C=O) groups is 1. The lowest BCUT2D eigenvalue weighted by Crippen LogP contribution is -2.37. The molecule has 1 aliphatic carbocycles. The van der Waals surface area contributed by atoms with Crippen molar-refractivity contribution in [1.29, 1.82) is 0 Å². The summed E-state index contributed by atoms with van der Waals surface area (Å²) >= 11 is 0. The Kier molecular flexibility index (Phi) is 7.95. The van der Waals surface area contributed by atoms with E-state index in [1.54, 1.807) is 0 Å². The third kappa shape index (κ3) is 6.20. The van der Waals surface area contributed by atoms with Crippen LogP contribution in [-0.2, 0) is 24.1 Å². The van der Waals surface area contributed by atoms with Gasteiger partial charge < -0.3 is 24.9 Å². The van der Waals surface area contributed by atoms with Crippen LogP contribution < -0.4 is 10.6 Å². The van der Waals surface area contributed by atoms with E-state index in [0.29, 0.717) is 30.7 Å². The highest BCUT2D eigenvalue weighted by Gasteiger charge is 2.29. The highest BCUT2D eigenvalue weighted by atomic mass is 16.6. The van der Waals surface area contributed by atoms with Gasteiger partial charge in [-0.2, -0.15) is 0 Å². The molecule has 3 heterocycles. The van der Waals surface area contributed by atoms with Crippen LogP contribution in [0.1, 0.15) is 56.0 Å². The Morgan fingerprint density at radius 3 is 2.59 bits per heavy atom. The third-order valence-corrected chi connectivity index (χ3v) is 8.83. The Bertz CT molecular complexity index is 1970. The van der Waals surface area contributed by atoms with Crippen LogP contribution in [0.4, 0.5) is 4.79 Å². The third-order valence-electron chi connectivity index (χ3n) is 8.83. The quantitative estimate of drug-likeness (QED) is 0.162. The molecule has 1 amide bonds. The van der Waals surface area contributed by atoms with Crippen LogP contribution in [-0.4, -0.2) is 37.5 Å². The second-order valence-electron chi connectivity index (χ2n) is 13.2. The fourth-order valence-electron chi connectivity index (χ4n) is 6.66. The normalized spacial score (nSPS) is 17.9. The zero-order chi connectivity index (χ0) is 31.7. The van der Waals surface area contributed by atoms with E-state index >= 15 is 0 Å². The molecule has 2 aromatic heterocycles. The summed E-state index contributed by atoms with van der Waals surface area (Å²) in [5, 5.41) is 19.8. The monoisotopic (exact) mass is 612 g/mol. The van der Waals surface area contributed by atoms with E-state index in [1.807, 2.05) is 39.1 Å². The molecule has 234 valence electrons. The zero-order valence-electron chi connectivity index (χ0n) is 26.5. The SMILES string of the molecule is CC(C)(C)OC(=O)N[C@H](Cc1c[nH]c2ccccc12)c1nnc(CCC2=CNC3C=CC=CC23)n1Cc1cccc2ccccc12. The number of aromatic amines is 1. The smallest absolute Gasteiger partial charge is 0.408 e. The number of nitrogens with zero attached hydrogens (tertiary/aromatic N) is 3. The average Bonchev–Trinajstić information content (AvgIpc) is 3.76. The molecular weight excluding hydrogens is 572 g/mol. The first-order chi connectivity index (χ1) is 22.3. The first-order valence-corrected chi connectivity index (χ1v) is 16.1. The average molecular weight is 613 g/mol. The number of H-pyrrole nitrogens is 1. The van der Waals surface area contributed by atoms with Gasteiger partial charge in [-0.05, 0) is 66.9 Å². The van der Waals surface area contributed by atoms with Crippen LogP contribution in [0.25, 0.3) is 21.7 Å². The highest BCUT2D eigenvalue weighted by Crippen LogP contribution is 2.31. The van der Waals surface area contributed by atoms with Crippen LogP contribution in [0.15, 0.2) is 109 Å². The lowest BCUT2D eigenvalue weighted by molar-refractivity contribution is 0.0500. The number of hydrogen-bond donors (Lipinski definition) is 3. The van der Waals surface area contributed by atoms with E-state index in [4.69, 9.17) is 14.9 Å². The van der Waals surface area contributed by atoms with E-state index in [-0.39, 0.29) is 0 Å². The number of amides is 1. The van der Waals surface area contributed by atoms with Gasteiger partial charge in [0.15, 0.2) is 5.82 Å². The van der Waals surface area contributed by atoms with Crippen molar-refractivity contribution in [1.82, 2.24) is 30.4 Å². The van der Waals surface area contributed by atoms with Crippen molar-refractivity contribution in [3.05, 3.63) is 132 Å². The van der Waals surface area contributed by atoms with Gasteiger partial charge in [0, 0.05) is 35.9 Å². The maximum absolute atomic E-state index is 13.3. The number of hydrogen-bond acceptors (Lipinski definition) is 5. The van der Waals surface area contributed by atoms with Gasteiger partial charge in [0.1, 0.15) is 11.4 Å². The number of fused-ring (bicyclic) bond motifs is 3. The van der Waals surface area contributed by atoms with Gasteiger partial charge in [-0.25, -0.2) is 4.79 Å². The summed E-state index contributed by atoms with van der Waals surface area (Å²) < 4.78 is 7.95. The van der Waals surface area contributed by atoms with Gasteiger partial charge >= 0.3 is 6.09 Å². The number of aromatic nitrogens is 4. The lowest BCUT2D eigenvalue weighted by Gasteiger charge is -2.24. The Hall–Kier alpha value is -5.11. The van der Waals surface area contributed by atoms with Gasteiger partial charge in [-0.15, -0.1) is 10.2 Å². The molecule has 8 nitrogen and oxygen atoms in total. The van der Waals surface area contributed by atoms with Crippen LogP contribution in [0.3, 0.4) is 0 Å². The molecule has 0 bridgehead atoms. The van der Waals surface area contributed by atoms with Crippen molar-refractivity contribution in [2.75, 3.05) is 0 Å². The summed E-state index contributed by atoms with van der Waals surface area (Å²) in [4.78, 5) is 16.7. The molecular formula is C38H40N6O2. The predicted octanol–water partition coefficient (Wildman–Crippen LogP) is 7.30. The van der Waals surface area contributed by atoms with Crippen LogP contribution in [0.5, 0.6) is 0 Å². The van der Waals surface area contributed by atoms with E-state index in [1.165, 1.54) is 21.9 Å². The molecule has 0 spiro atoms. The number of benzene rings is 3. The summed E-state index contributed by atoms with van der Waals surface area (Å²) in [5.74, 6) is 1.94. The van der Waals surface area contributed by atoms with Crippen LogP contribution in [0, 0.1) is 5.92 Å². The minimum Gasteiger partial charge on any atom is -0.444 e. The summed E-state index contributed by atoms with van der Waals surface area (Å²) in [6.45, 7) is 6.19. The zero-order valence-corrected chi connectivity index (χ0v) is 26.5. The largest absolute Gasteiger partial charge is 0.444 e. The Balaban J connectivity index is 1.27. The number of alkyl carbamates (subject to hydrolysis) is 1. The number of nitrogens with one attached hydrogen (secondary N) is 3. The summed E-state index contributed by atoms with van der Waals surface area (Å²) in [6, 6.07) is 22.9. The molecule has 8 heteroatoms. The van der Waals surface area contributed by atoms with Gasteiger partial charge in [-0.1, -0.05) is 85.0 Å². The maximum Gasteiger partial charge on any atom is 0.408 e. The maximum atomic E-state index is 13.3. The molecule has 0 radical (unpaired) electrons. The molecule has 0 fully saturated rings. The first-order valence-electron chi connectivity index (χ1n) is 16.1. The Labute approximate surface area is 269 Å². The van der Waals surface area contributed by atoms with E-state index in [2.05, 4.69) is 105 Å². The summed E-state index contributed by atoms with van der Waals surface area (Å²) in [6.07, 6.45) is 14.5. The highest BCUT2D eigenvalue weighted by molar-refractivity contribution is 5.85. The minimum atomic E-state index is -0.638. The molecule has 0 saturated carbocycles. The Morgan fingerprint density at radius 2 is 1.72 bits per heavy atom. The number of allylic oxidation sites excluding steroid dienone is 2. The summed E-state index contributed by atoms with van der Waals surface area (Å²) in [7, 11) is 0. The standard InChI is InChI=1S/C38H40N6O2/c1-38(2,3)46-37(45)41-34(21-28-23-40-33-18-9-7-16-31(28)33)36-43-42-35(20-19-26-22-39-32-17-8-6-15-30(26)32)44(36)24-27-13-10-12-25-11-4-5-14-29(25)27/h4-18,22-23,30,32,34,39-40H,19-21,24H2,1-3H3,(H,41,45)/t30?,32?,34-/m1/s1. The molecule has 3 atom stereocenters. The van der Waals surface area contributed by atoms with Crippen molar-refractivity contribution in [3.8, 4) is 0 Å². The second-order valence-corrected chi connectivity index (χ2v) is 13.2. The molecule has 3 N–H and O–H groups in total. The van der Waals surface area contributed by atoms with Gasteiger partial charge in [-0.3, -0.25) is 0 Å².